The third-order valence-electron chi connectivity index (χ3n) is 1.25. The van der Waals surface area contributed by atoms with Crippen LogP contribution in [0.2, 0.25) is 0 Å². The van der Waals surface area contributed by atoms with E-state index in [9.17, 15) is 9.59 Å². The molecular formula is C6H12N2O4. The monoisotopic (exact) mass is 176 g/mol. The molecule has 0 saturated carbocycles. The summed E-state index contributed by atoms with van der Waals surface area (Å²) >= 11 is 0. The Balaban J connectivity index is 3.68. The van der Waals surface area contributed by atoms with Crippen LogP contribution in [0.15, 0.2) is 0 Å². The minimum atomic E-state index is -0.535. The summed E-state index contributed by atoms with van der Waals surface area (Å²) in [4.78, 5) is 20.8. The van der Waals surface area contributed by atoms with Crippen molar-refractivity contribution in [1.29, 1.82) is 0 Å². The molecule has 0 saturated heterocycles. The highest BCUT2D eigenvalue weighted by Crippen LogP contribution is 1.86. The average molecular weight is 176 g/mol. The van der Waals surface area contributed by atoms with Crippen LogP contribution in [0.4, 0.5) is 0 Å². The van der Waals surface area contributed by atoms with E-state index in [0.717, 1.165) is 0 Å². The highest BCUT2D eigenvalue weighted by Gasteiger charge is 2.08. The van der Waals surface area contributed by atoms with Crippen LogP contribution in [0.1, 0.15) is 13.8 Å². The van der Waals surface area contributed by atoms with Gasteiger partial charge in [-0.05, 0) is 0 Å². The maximum atomic E-state index is 10.4. The van der Waals surface area contributed by atoms with Crippen LogP contribution in [0.5, 0.6) is 0 Å². The zero-order chi connectivity index (χ0) is 9.72. The number of hydrogen-bond acceptors (Lipinski definition) is 4. The molecule has 0 rings (SSSR count). The largest absolute Gasteiger partial charge is 0.286 e. The molecule has 0 bridgehead atoms. The quantitative estimate of drug-likeness (QED) is 0.447. The Labute approximate surface area is 69.9 Å². The van der Waals surface area contributed by atoms with Crippen molar-refractivity contribution in [2.45, 2.75) is 13.8 Å². The van der Waals surface area contributed by atoms with E-state index in [0.29, 0.717) is 10.1 Å². The molecule has 0 aromatic heterocycles. The molecule has 0 radical (unpaired) electrons. The van der Waals surface area contributed by atoms with E-state index in [4.69, 9.17) is 10.4 Å². The molecule has 0 aliphatic rings. The van der Waals surface area contributed by atoms with Crippen LogP contribution in [-0.4, -0.2) is 45.4 Å². The molecular weight excluding hydrogens is 164 g/mol. The highest BCUT2D eigenvalue weighted by atomic mass is 16.5. The molecule has 0 atom stereocenters. The second kappa shape index (κ2) is 4.68. The maximum Gasteiger partial charge on any atom is 0.242 e. The minimum Gasteiger partial charge on any atom is -0.286 e. The topological polar surface area (TPSA) is 81.1 Å². The second-order valence-electron chi connectivity index (χ2n) is 2.28. The van der Waals surface area contributed by atoms with Gasteiger partial charge in [-0.15, -0.1) is 0 Å². The van der Waals surface area contributed by atoms with Crippen molar-refractivity contribution in [1.82, 2.24) is 10.1 Å². The predicted molar refractivity (Wildman–Crippen MR) is 38.3 cm³/mol. The molecule has 6 nitrogen and oxygen atoms in total. The van der Waals surface area contributed by atoms with Crippen molar-refractivity contribution in [2.24, 2.45) is 0 Å². The smallest absolute Gasteiger partial charge is 0.242 e. The standard InChI is InChI=1S/C6H12N2O4/c1-5(9)7(11)3-4-8(12)6(2)10/h11-12H,3-4H2,1-2H3. The number of nitrogens with zero attached hydrogens (tertiary/aromatic N) is 2. The Morgan fingerprint density at radius 2 is 1.25 bits per heavy atom. The summed E-state index contributed by atoms with van der Waals surface area (Å²) in [5.74, 6) is -1.07. The van der Waals surface area contributed by atoms with E-state index in [-0.39, 0.29) is 13.1 Å². The van der Waals surface area contributed by atoms with Crippen LogP contribution in [0.3, 0.4) is 0 Å². The van der Waals surface area contributed by atoms with Gasteiger partial charge in [-0.1, -0.05) is 0 Å². The van der Waals surface area contributed by atoms with E-state index in [2.05, 4.69) is 0 Å². The molecule has 12 heavy (non-hydrogen) atoms. The normalized spacial score (nSPS) is 9.33. The van der Waals surface area contributed by atoms with Crippen LogP contribution in [0.25, 0.3) is 0 Å². The number of amides is 2. The fraction of sp³-hybridized carbons (Fsp3) is 0.667. The number of carbonyl (C=O) groups excluding carboxylic acids is 2. The molecule has 0 aromatic carbocycles. The molecule has 2 N–H and O–H groups in total. The van der Waals surface area contributed by atoms with Crippen LogP contribution >= 0.6 is 0 Å². The first kappa shape index (κ1) is 10.9. The molecule has 0 unspecified atom stereocenters. The van der Waals surface area contributed by atoms with Crippen LogP contribution < -0.4 is 0 Å². The molecule has 0 aliphatic heterocycles. The van der Waals surface area contributed by atoms with Crippen molar-refractivity contribution in [2.75, 3.05) is 13.1 Å². The van der Waals surface area contributed by atoms with Gasteiger partial charge >= 0.3 is 0 Å². The predicted octanol–water partition coefficient (Wildman–Crippen LogP) is -0.538. The number of hydroxylamine groups is 4. The summed E-state index contributed by atoms with van der Waals surface area (Å²) in [5, 5.41) is 18.4. The summed E-state index contributed by atoms with van der Waals surface area (Å²) in [5.41, 5.74) is 0. The van der Waals surface area contributed by atoms with Gasteiger partial charge in [0, 0.05) is 13.8 Å². The van der Waals surface area contributed by atoms with E-state index < -0.39 is 11.8 Å². The summed E-state index contributed by atoms with van der Waals surface area (Å²) < 4.78 is 0. The molecule has 0 aliphatic carbocycles. The lowest BCUT2D eigenvalue weighted by Crippen LogP contribution is -2.36. The number of carbonyl (C=O) groups is 2. The van der Waals surface area contributed by atoms with Crippen molar-refractivity contribution in [3.63, 3.8) is 0 Å². The molecule has 0 fully saturated rings. The van der Waals surface area contributed by atoms with E-state index in [1.807, 2.05) is 0 Å². The number of rotatable bonds is 3. The molecule has 0 spiro atoms. The van der Waals surface area contributed by atoms with Crippen molar-refractivity contribution >= 4 is 11.8 Å². The molecule has 70 valence electrons. The van der Waals surface area contributed by atoms with Crippen molar-refractivity contribution in [3.05, 3.63) is 0 Å². The maximum absolute atomic E-state index is 10.4. The Morgan fingerprint density at radius 1 is 1.00 bits per heavy atom. The SMILES string of the molecule is CC(=O)N(O)CCN(O)C(C)=O. The molecule has 6 heteroatoms. The lowest BCUT2D eigenvalue weighted by molar-refractivity contribution is -0.178. The average Bonchev–Trinajstić information content (AvgIpc) is 1.98. The molecule has 0 heterocycles. The summed E-state index contributed by atoms with van der Waals surface area (Å²) in [7, 11) is 0. The van der Waals surface area contributed by atoms with Gasteiger partial charge in [-0.2, -0.15) is 0 Å². The minimum absolute atomic E-state index is 0.106. The summed E-state index contributed by atoms with van der Waals surface area (Å²) in [6.07, 6.45) is 0. The zero-order valence-electron chi connectivity index (χ0n) is 7.02. The molecule has 0 aromatic rings. The van der Waals surface area contributed by atoms with Gasteiger partial charge in [0.15, 0.2) is 0 Å². The van der Waals surface area contributed by atoms with Gasteiger partial charge in [0.25, 0.3) is 0 Å². The van der Waals surface area contributed by atoms with E-state index in [1.54, 1.807) is 0 Å². The lowest BCUT2D eigenvalue weighted by atomic mass is 10.5. The Kier molecular flexibility index (Phi) is 4.24. The summed E-state index contributed by atoms with van der Waals surface area (Å²) in [6, 6.07) is 0. The first-order valence-electron chi connectivity index (χ1n) is 3.39. The van der Waals surface area contributed by atoms with Gasteiger partial charge in [0.1, 0.15) is 0 Å². The zero-order valence-corrected chi connectivity index (χ0v) is 7.02. The van der Waals surface area contributed by atoms with E-state index in [1.165, 1.54) is 13.8 Å². The third kappa shape index (κ3) is 3.89. The van der Waals surface area contributed by atoms with Crippen LogP contribution in [0, 0.1) is 0 Å². The van der Waals surface area contributed by atoms with E-state index >= 15 is 0 Å². The first-order valence-corrected chi connectivity index (χ1v) is 3.39. The lowest BCUT2D eigenvalue weighted by Gasteiger charge is -2.16. The first-order chi connectivity index (χ1) is 5.45. The van der Waals surface area contributed by atoms with Gasteiger partial charge < -0.3 is 0 Å². The fourth-order valence-corrected chi connectivity index (χ4v) is 0.504. The highest BCUT2D eigenvalue weighted by molar-refractivity contribution is 5.72. The van der Waals surface area contributed by atoms with Crippen LogP contribution in [-0.2, 0) is 9.59 Å². The van der Waals surface area contributed by atoms with Gasteiger partial charge in [-0.25, -0.2) is 10.1 Å². The summed E-state index contributed by atoms with van der Waals surface area (Å²) in [6.45, 7) is 2.14. The Morgan fingerprint density at radius 3 is 1.42 bits per heavy atom. The van der Waals surface area contributed by atoms with Gasteiger partial charge in [0.05, 0.1) is 13.1 Å². The fourth-order valence-electron chi connectivity index (χ4n) is 0.504. The number of hydrogen-bond donors (Lipinski definition) is 2. The second-order valence-corrected chi connectivity index (χ2v) is 2.28. The third-order valence-corrected chi connectivity index (χ3v) is 1.25. The Bertz CT molecular complexity index is 162. The van der Waals surface area contributed by atoms with Gasteiger partial charge in [0.2, 0.25) is 11.8 Å². The Hall–Kier alpha value is -1.14. The molecule has 2 amide bonds. The van der Waals surface area contributed by atoms with Gasteiger partial charge in [-0.3, -0.25) is 20.0 Å². The van der Waals surface area contributed by atoms with Crippen molar-refractivity contribution < 1.29 is 20.0 Å². The van der Waals surface area contributed by atoms with Crippen molar-refractivity contribution in [3.8, 4) is 0 Å².